The van der Waals surface area contributed by atoms with Gasteiger partial charge in [0.05, 0.1) is 6.26 Å². The number of piperidine rings is 1. The van der Waals surface area contributed by atoms with E-state index in [0.717, 1.165) is 18.4 Å². The normalized spacial score (nSPS) is 18.6. The summed E-state index contributed by atoms with van der Waals surface area (Å²) in [5, 5.41) is 13.0. The van der Waals surface area contributed by atoms with E-state index in [1.807, 2.05) is 12.1 Å². The molecule has 1 aliphatic heterocycles. The molecule has 6 heteroatoms. The third-order valence-corrected chi connectivity index (χ3v) is 4.80. The van der Waals surface area contributed by atoms with Crippen molar-refractivity contribution in [1.29, 1.82) is 0 Å². The van der Waals surface area contributed by atoms with Crippen molar-refractivity contribution in [2.24, 2.45) is 0 Å². The lowest BCUT2D eigenvalue weighted by Crippen LogP contribution is -2.44. The monoisotopic (exact) mass is 284 g/mol. The highest BCUT2D eigenvalue weighted by Gasteiger charge is 2.24. The van der Waals surface area contributed by atoms with Gasteiger partial charge in [0.25, 0.3) is 0 Å². The van der Waals surface area contributed by atoms with Crippen LogP contribution in [-0.2, 0) is 16.6 Å². The standard InChI is InChI=1S/C13H20N2O3S/c1-19(17,18)15-8-6-12(7-9-15)14-10-11-4-2-3-5-13(11)16/h2-5,12,14,16H,6-10H2,1H3. The molecule has 0 bridgehead atoms. The van der Waals surface area contributed by atoms with Crippen LogP contribution < -0.4 is 5.32 Å². The van der Waals surface area contributed by atoms with Crippen molar-refractivity contribution in [2.75, 3.05) is 19.3 Å². The first kappa shape index (κ1) is 14.3. The number of para-hydroxylation sites is 1. The molecule has 0 saturated carbocycles. The highest BCUT2D eigenvalue weighted by Crippen LogP contribution is 2.17. The van der Waals surface area contributed by atoms with Crippen molar-refractivity contribution in [1.82, 2.24) is 9.62 Å². The van der Waals surface area contributed by atoms with E-state index in [1.165, 1.54) is 10.6 Å². The number of benzene rings is 1. The number of phenolic OH excluding ortho intramolecular Hbond substituents is 1. The lowest BCUT2D eigenvalue weighted by Gasteiger charge is -2.30. The number of phenols is 1. The Kier molecular flexibility index (Phi) is 4.44. The number of hydrogen-bond donors (Lipinski definition) is 2. The second-order valence-corrected chi connectivity index (χ2v) is 6.93. The van der Waals surface area contributed by atoms with Crippen LogP contribution in [-0.4, -0.2) is 43.2 Å². The Bertz CT molecular complexity index is 522. The molecule has 0 unspecified atom stereocenters. The largest absolute Gasteiger partial charge is 0.508 e. The average molecular weight is 284 g/mol. The fourth-order valence-corrected chi connectivity index (χ4v) is 3.18. The summed E-state index contributed by atoms with van der Waals surface area (Å²) in [6.45, 7) is 1.74. The first-order chi connectivity index (χ1) is 8.97. The van der Waals surface area contributed by atoms with Crippen LogP contribution >= 0.6 is 0 Å². The first-order valence-electron chi connectivity index (χ1n) is 6.42. The van der Waals surface area contributed by atoms with Gasteiger partial charge in [0, 0.05) is 31.2 Å². The van der Waals surface area contributed by atoms with Crippen molar-refractivity contribution in [3.05, 3.63) is 29.8 Å². The van der Waals surface area contributed by atoms with Crippen LogP contribution in [0.25, 0.3) is 0 Å². The van der Waals surface area contributed by atoms with Crippen molar-refractivity contribution >= 4 is 10.0 Å². The molecule has 0 radical (unpaired) electrons. The summed E-state index contributed by atoms with van der Waals surface area (Å²) < 4.78 is 24.3. The summed E-state index contributed by atoms with van der Waals surface area (Å²) in [7, 11) is -3.06. The maximum atomic E-state index is 11.4. The van der Waals surface area contributed by atoms with Gasteiger partial charge in [-0.05, 0) is 18.9 Å². The Hall–Kier alpha value is -1.11. The summed E-state index contributed by atoms with van der Waals surface area (Å²) in [4.78, 5) is 0. The Balaban J connectivity index is 1.82. The molecule has 1 aromatic rings. The van der Waals surface area contributed by atoms with Gasteiger partial charge < -0.3 is 10.4 Å². The molecule has 1 aliphatic rings. The smallest absolute Gasteiger partial charge is 0.211 e. The minimum atomic E-state index is -3.06. The number of hydrogen-bond acceptors (Lipinski definition) is 4. The molecule has 106 valence electrons. The Labute approximate surface area is 114 Å². The predicted molar refractivity (Wildman–Crippen MR) is 74.4 cm³/mol. The molecule has 2 N–H and O–H groups in total. The van der Waals surface area contributed by atoms with E-state index in [1.54, 1.807) is 12.1 Å². The maximum absolute atomic E-state index is 11.4. The van der Waals surface area contributed by atoms with Gasteiger partial charge in [-0.15, -0.1) is 0 Å². The van der Waals surface area contributed by atoms with Crippen molar-refractivity contribution in [3.8, 4) is 5.75 Å². The molecule has 0 atom stereocenters. The van der Waals surface area contributed by atoms with Gasteiger partial charge in [-0.3, -0.25) is 0 Å². The molecule has 1 saturated heterocycles. The van der Waals surface area contributed by atoms with E-state index in [-0.39, 0.29) is 0 Å². The molecule has 0 amide bonds. The van der Waals surface area contributed by atoms with Crippen molar-refractivity contribution < 1.29 is 13.5 Å². The van der Waals surface area contributed by atoms with Gasteiger partial charge >= 0.3 is 0 Å². The third-order valence-electron chi connectivity index (χ3n) is 3.50. The number of aromatic hydroxyl groups is 1. The van der Waals surface area contributed by atoms with E-state index in [0.29, 0.717) is 31.4 Å². The molecule has 1 heterocycles. The quantitative estimate of drug-likeness (QED) is 0.862. The number of sulfonamides is 1. The topological polar surface area (TPSA) is 69.6 Å². The van der Waals surface area contributed by atoms with Gasteiger partial charge in [-0.1, -0.05) is 18.2 Å². The van der Waals surface area contributed by atoms with E-state index in [2.05, 4.69) is 5.32 Å². The molecule has 19 heavy (non-hydrogen) atoms. The van der Waals surface area contributed by atoms with Crippen LogP contribution in [0.1, 0.15) is 18.4 Å². The molecular formula is C13H20N2O3S. The van der Waals surface area contributed by atoms with Crippen LogP contribution in [0.3, 0.4) is 0 Å². The van der Waals surface area contributed by atoms with Gasteiger partial charge in [0.1, 0.15) is 5.75 Å². The second-order valence-electron chi connectivity index (χ2n) is 4.95. The second kappa shape index (κ2) is 5.90. The van der Waals surface area contributed by atoms with E-state index >= 15 is 0 Å². The van der Waals surface area contributed by atoms with Crippen LogP contribution in [0.5, 0.6) is 5.75 Å². The summed E-state index contributed by atoms with van der Waals surface area (Å²) in [5.41, 5.74) is 0.869. The van der Waals surface area contributed by atoms with Gasteiger partial charge in [0.15, 0.2) is 0 Å². The number of rotatable bonds is 4. The Morgan fingerprint density at radius 2 is 1.95 bits per heavy atom. The van der Waals surface area contributed by atoms with Crippen molar-refractivity contribution in [2.45, 2.75) is 25.4 Å². The molecule has 1 fully saturated rings. The lowest BCUT2D eigenvalue weighted by molar-refractivity contribution is 0.289. The van der Waals surface area contributed by atoms with Crippen molar-refractivity contribution in [3.63, 3.8) is 0 Å². The lowest BCUT2D eigenvalue weighted by atomic mass is 10.1. The molecule has 0 aliphatic carbocycles. The molecule has 5 nitrogen and oxygen atoms in total. The zero-order valence-electron chi connectivity index (χ0n) is 11.0. The molecule has 0 spiro atoms. The minimum Gasteiger partial charge on any atom is -0.508 e. The fraction of sp³-hybridized carbons (Fsp3) is 0.538. The van der Waals surface area contributed by atoms with Crippen LogP contribution in [0, 0.1) is 0 Å². The third kappa shape index (κ3) is 3.92. The van der Waals surface area contributed by atoms with Gasteiger partial charge in [-0.25, -0.2) is 12.7 Å². The number of nitrogens with one attached hydrogen (secondary N) is 1. The molecule has 1 aromatic carbocycles. The van der Waals surface area contributed by atoms with Gasteiger partial charge in [-0.2, -0.15) is 0 Å². The molecule has 2 rings (SSSR count). The zero-order valence-corrected chi connectivity index (χ0v) is 11.9. The average Bonchev–Trinajstić information content (AvgIpc) is 2.37. The zero-order chi connectivity index (χ0) is 13.9. The highest BCUT2D eigenvalue weighted by atomic mass is 32.2. The maximum Gasteiger partial charge on any atom is 0.211 e. The van der Waals surface area contributed by atoms with E-state index in [9.17, 15) is 13.5 Å². The predicted octanol–water partition coefficient (Wildman–Crippen LogP) is 0.906. The summed E-state index contributed by atoms with van der Waals surface area (Å²) >= 11 is 0. The molecule has 0 aromatic heterocycles. The minimum absolute atomic E-state index is 0.295. The first-order valence-corrected chi connectivity index (χ1v) is 8.27. The van der Waals surface area contributed by atoms with E-state index < -0.39 is 10.0 Å². The van der Waals surface area contributed by atoms with Crippen LogP contribution in [0.4, 0.5) is 0 Å². The summed E-state index contributed by atoms with van der Waals surface area (Å²) in [5.74, 6) is 0.295. The van der Waals surface area contributed by atoms with Gasteiger partial charge in [0.2, 0.25) is 10.0 Å². The number of nitrogens with zero attached hydrogens (tertiary/aromatic N) is 1. The fourth-order valence-electron chi connectivity index (χ4n) is 2.31. The SMILES string of the molecule is CS(=O)(=O)N1CCC(NCc2ccccc2O)CC1. The Morgan fingerprint density at radius 1 is 1.32 bits per heavy atom. The summed E-state index contributed by atoms with van der Waals surface area (Å²) in [6.07, 6.45) is 2.87. The van der Waals surface area contributed by atoms with E-state index in [4.69, 9.17) is 0 Å². The highest BCUT2D eigenvalue weighted by molar-refractivity contribution is 7.88. The van der Waals surface area contributed by atoms with Crippen LogP contribution in [0.2, 0.25) is 0 Å². The Morgan fingerprint density at radius 3 is 2.53 bits per heavy atom. The summed E-state index contributed by atoms with van der Waals surface area (Å²) in [6, 6.07) is 7.54. The van der Waals surface area contributed by atoms with Crippen LogP contribution in [0.15, 0.2) is 24.3 Å². The molecular weight excluding hydrogens is 264 g/mol.